The van der Waals surface area contributed by atoms with Crippen molar-refractivity contribution in [3.8, 4) is 11.8 Å². The lowest BCUT2D eigenvalue weighted by molar-refractivity contribution is -0.121. The summed E-state index contributed by atoms with van der Waals surface area (Å²) in [5, 5.41) is 24.2. The highest BCUT2D eigenvalue weighted by atomic mass is 32.1. The third kappa shape index (κ3) is 5.22. The van der Waals surface area contributed by atoms with E-state index < -0.39 is 11.5 Å². The lowest BCUT2D eigenvalue weighted by Gasteiger charge is -2.16. The van der Waals surface area contributed by atoms with E-state index >= 15 is 0 Å². The van der Waals surface area contributed by atoms with Crippen LogP contribution < -0.4 is 11.1 Å². The van der Waals surface area contributed by atoms with E-state index in [2.05, 4.69) is 32.1 Å². The number of hydrogen-bond donors (Lipinski definition) is 4. The Morgan fingerprint density at radius 3 is 2.71 bits per heavy atom. The Kier molecular flexibility index (Phi) is 6.29. The van der Waals surface area contributed by atoms with E-state index in [1.54, 1.807) is 56.9 Å². The topological polar surface area (TPSA) is 141 Å². The fourth-order valence-corrected chi connectivity index (χ4v) is 3.23. The normalized spacial score (nSPS) is 12.3. The molecule has 0 spiro atoms. The molecule has 10 heteroatoms. The van der Waals surface area contributed by atoms with Gasteiger partial charge in [0.2, 0.25) is 5.95 Å². The first-order valence-electron chi connectivity index (χ1n) is 9.13. The Labute approximate surface area is 183 Å². The number of aliphatic hydroxyl groups is 1. The lowest BCUT2D eigenvalue weighted by atomic mass is 10.0. The Hall–Kier alpha value is -3.81. The van der Waals surface area contributed by atoms with Gasteiger partial charge in [-0.3, -0.25) is 10.2 Å². The molecule has 0 saturated carbocycles. The molecule has 0 aliphatic rings. The number of rotatable bonds is 5. The van der Waals surface area contributed by atoms with Gasteiger partial charge in [-0.05, 0) is 31.2 Å². The lowest BCUT2D eigenvalue weighted by Crippen LogP contribution is -2.30. The third-order valence-electron chi connectivity index (χ3n) is 4.14. The summed E-state index contributed by atoms with van der Waals surface area (Å²) < 4.78 is 0. The van der Waals surface area contributed by atoms with Crippen LogP contribution in [-0.4, -0.2) is 50.7 Å². The average Bonchev–Trinajstić information content (AvgIpc) is 3.27. The molecule has 1 amide bonds. The van der Waals surface area contributed by atoms with Crippen molar-refractivity contribution in [1.82, 2.24) is 19.9 Å². The molecule has 2 heterocycles. The molecule has 0 bridgehead atoms. The van der Waals surface area contributed by atoms with Crippen LogP contribution in [-0.2, 0) is 10.4 Å². The number of nitrogen functional groups attached to an aromatic ring is 1. The van der Waals surface area contributed by atoms with Crippen LogP contribution in [0, 0.1) is 17.3 Å². The molecular formula is C21H21N7O2S. The van der Waals surface area contributed by atoms with Gasteiger partial charge in [0, 0.05) is 43.0 Å². The average molecular weight is 436 g/mol. The summed E-state index contributed by atoms with van der Waals surface area (Å²) in [4.78, 5) is 25.7. The van der Waals surface area contributed by atoms with Gasteiger partial charge >= 0.3 is 0 Å². The monoisotopic (exact) mass is 435 g/mol. The summed E-state index contributed by atoms with van der Waals surface area (Å²) in [7, 11) is 3.16. The Bertz CT molecular complexity index is 1180. The van der Waals surface area contributed by atoms with Crippen molar-refractivity contribution in [2.75, 3.05) is 25.1 Å². The molecule has 0 aliphatic carbocycles. The van der Waals surface area contributed by atoms with Crippen molar-refractivity contribution >= 4 is 40.4 Å². The minimum atomic E-state index is -1.41. The van der Waals surface area contributed by atoms with Crippen LogP contribution in [0.2, 0.25) is 0 Å². The number of aromatic nitrogens is 3. The molecule has 3 rings (SSSR count). The summed E-state index contributed by atoms with van der Waals surface area (Å²) in [5.41, 5.74) is 5.43. The predicted molar refractivity (Wildman–Crippen MR) is 120 cm³/mol. The molecule has 2 aromatic heterocycles. The smallest absolute Gasteiger partial charge is 0.271 e. The van der Waals surface area contributed by atoms with Crippen molar-refractivity contribution in [3.63, 3.8) is 0 Å². The molecule has 0 radical (unpaired) electrons. The molecule has 5 N–H and O–H groups in total. The van der Waals surface area contributed by atoms with E-state index in [0.29, 0.717) is 27.6 Å². The highest BCUT2D eigenvalue weighted by Gasteiger charge is 2.23. The molecular weight excluding hydrogens is 414 g/mol. The van der Waals surface area contributed by atoms with E-state index in [-0.39, 0.29) is 11.7 Å². The summed E-state index contributed by atoms with van der Waals surface area (Å²) in [6.45, 7) is 1.57. The standard InChI is InChI=1S/C21H21N7O2S/c1-21(30,19-24-10-11-31-19)8-6-13-4-5-14(17(22)18(29)28(2)3)15(12-13)26-16-7-9-25-20(23)27-16/h4-5,7,9-12,22,30H,1-3H3,(H3,23,25,26,27). The molecule has 1 atom stereocenters. The van der Waals surface area contributed by atoms with Crippen LogP contribution in [0.1, 0.15) is 23.1 Å². The van der Waals surface area contributed by atoms with Crippen LogP contribution in [0.25, 0.3) is 0 Å². The van der Waals surface area contributed by atoms with E-state index in [9.17, 15) is 9.90 Å². The number of carbonyl (C=O) groups is 1. The molecule has 31 heavy (non-hydrogen) atoms. The van der Waals surface area contributed by atoms with Crippen molar-refractivity contribution in [3.05, 3.63) is 58.2 Å². The molecule has 3 aromatic rings. The van der Waals surface area contributed by atoms with Gasteiger partial charge in [-0.25, -0.2) is 9.97 Å². The summed E-state index contributed by atoms with van der Waals surface area (Å²) in [6, 6.07) is 6.59. The first-order valence-corrected chi connectivity index (χ1v) is 10.0. The molecule has 1 aromatic carbocycles. The molecule has 0 saturated heterocycles. The van der Waals surface area contributed by atoms with Crippen molar-refractivity contribution in [1.29, 1.82) is 5.41 Å². The van der Waals surface area contributed by atoms with E-state index in [1.165, 1.54) is 22.4 Å². The number of nitrogens with zero attached hydrogens (tertiary/aromatic N) is 4. The van der Waals surface area contributed by atoms with E-state index in [1.807, 2.05) is 0 Å². The maximum Gasteiger partial charge on any atom is 0.271 e. The first-order chi connectivity index (χ1) is 14.7. The first kappa shape index (κ1) is 21.9. The van der Waals surface area contributed by atoms with Gasteiger partial charge in [-0.1, -0.05) is 11.8 Å². The molecule has 1 unspecified atom stereocenters. The molecule has 0 aliphatic heterocycles. The summed E-state index contributed by atoms with van der Waals surface area (Å²) >= 11 is 1.31. The van der Waals surface area contributed by atoms with Crippen molar-refractivity contribution in [2.45, 2.75) is 12.5 Å². The zero-order chi connectivity index (χ0) is 22.6. The van der Waals surface area contributed by atoms with Crippen LogP contribution in [0.4, 0.5) is 17.5 Å². The minimum absolute atomic E-state index is 0.0847. The number of nitrogens with one attached hydrogen (secondary N) is 2. The number of benzene rings is 1. The second kappa shape index (κ2) is 8.91. The van der Waals surface area contributed by atoms with E-state index in [4.69, 9.17) is 11.1 Å². The number of likely N-dealkylation sites (N-methyl/N-ethyl adjacent to an activating group) is 1. The summed E-state index contributed by atoms with van der Waals surface area (Å²) in [5.74, 6) is 5.79. The SMILES string of the molecule is CN(C)C(=O)C(=N)c1ccc(C#CC(C)(O)c2nccs2)cc1Nc1ccnc(N)n1. The van der Waals surface area contributed by atoms with Gasteiger partial charge in [0.1, 0.15) is 16.5 Å². The van der Waals surface area contributed by atoms with Crippen LogP contribution in [0.15, 0.2) is 42.0 Å². The number of thiazole rings is 1. The van der Waals surface area contributed by atoms with Crippen molar-refractivity contribution in [2.24, 2.45) is 0 Å². The number of hydrogen-bond acceptors (Lipinski definition) is 9. The largest absolute Gasteiger partial charge is 0.371 e. The number of nitrogens with two attached hydrogens (primary N) is 1. The van der Waals surface area contributed by atoms with Crippen molar-refractivity contribution < 1.29 is 9.90 Å². The highest BCUT2D eigenvalue weighted by Crippen LogP contribution is 2.24. The quantitative estimate of drug-likeness (QED) is 0.355. The van der Waals surface area contributed by atoms with Gasteiger partial charge in [0.05, 0.1) is 5.69 Å². The van der Waals surface area contributed by atoms with E-state index in [0.717, 1.165) is 0 Å². The number of carbonyl (C=O) groups excluding carboxylic acids is 1. The zero-order valence-electron chi connectivity index (χ0n) is 17.2. The van der Waals surface area contributed by atoms with Gasteiger partial charge < -0.3 is 21.1 Å². The summed E-state index contributed by atoms with van der Waals surface area (Å²) in [6.07, 6.45) is 3.10. The van der Waals surface area contributed by atoms with Crippen LogP contribution >= 0.6 is 11.3 Å². The van der Waals surface area contributed by atoms with Gasteiger partial charge in [-0.15, -0.1) is 11.3 Å². The Morgan fingerprint density at radius 2 is 2.06 bits per heavy atom. The second-order valence-electron chi connectivity index (χ2n) is 6.92. The highest BCUT2D eigenvalue weighted by molar-refractivity contribution is 7.09. The second-order valence-corrected chi connectivity index (χ2v) is 7.81. The van der Waals surface area contributed by atoms with Crippen LogP contribution in [0.5, 0.6) is 0 Å². The molecule has 9 nitrogen and oxygen atoms in total. The van der Waals surface area contributed by atoms with Gasteiger partial charge in [-0.2, -0.15) is 4.98 Å². The molecule has 158 valence electrons. The van der Waals surface area contributed by atoms with Crippen LogP contribution in [0.3, 0.4) is 0 Å². The third-order valence-corrected chi connectivity index (χ3v) is 5.13. The predicted octanol–water partition coefficient (Wildman–Crippen LogP) is 1.97. The van der Waals surface area contributed by atoms with Gasteiger partial charge in [0.25, 0.3) is 5.91 Å². The Morgan fingerprint density at radius 1 is 1.29 bits per heavy atom. The molecule has 0 fully saturated rings. The number of anilines is 3. The number of amides is 1. The maximum atomic E-state index is 12.3. The van der Waals surface area contributed by atoms with Gasteiger partial charge in [0.15, 0.2) is 5.60 Å². The maximum absolute atomic E-state index is 12.3. The fourth-order valence-electron chi connectivity index (χ4n) is 2.57. The Balaban J connectivity index is 2.01. The zero-order valence-corrected chi connectivity index (χ0v) is 18.0. The minimum Gasteiger partial charge on any atom is -0.371 e. The fraction of sp³-hybridized carbons (Fsp3) is 0.190.